The predicted octanol–water partition coefficient (Wildman–Crippen LogP) is 3.47. The number of rotatable bonds is 3. The van der Waals surface area contributed by atoms with Crippen LogP contribution < -0.4 is 5.32 Å². The van der Waals surface area contributed by atoms with E-state index in [1.807, 2.05) is 13.8 Å². The van der Waals surface area contributed by atoms with Gasteiger partial charge in [-0.25, -0.2) is 13.2 Å². The number of anilines is 1. The Balaban J connectivity index is 1.99. The first-order chi connectivity index (χ1) is 8.37. The van der Waals surface area contributed by atoms with Gasteiger partial charge in [0, 0.05) is 18.7 Å². The molecule has 1 aliphatic rings. The number of hydrogen-bond donors (Lipinski definition) is 1. The van der Waals surface area contributed by atoms with E-state index in [1.54, 1.807) is 0 Å². The molecule has 1 fully saturated rings. The molecule has 5 heteroatoms. The third-order valence-electron chi connectivity index (χ3n) is 3.07. The van der Waals surface area contributed by atoms with Crippen molar-refractivity contribution in [2.75, 3.05) is 11.9 Å². The predicted molar refractivity (Wildman–Crippen MR) is 63.0 cm³/mol. The molecule has 0 radical (unpaired) electrons. The lowest BCUT2D eigenvalue weighted by molar-refractivity contribution is -0.00913. The average molecular weight is 259 g/mol. The van der Waals surface area contributed by atoms with Crippen molar-refractivity contribution >= 4 is 5.69 Å². The summed E-state index contributed by atoms with van der Waals surface area (Å²) < 4.78 is 45.0. The third kappa shape index (κ3) is 2.96. The molecule has 0 aliphatic carbocycles. The van der Waals surface area contributed by atoms with Gasteiger partial charge in [-0.15, -0.1) is 0 Å². The molecule has 0 amide bonds. The second-order valence-electron chi connectivity index (χ2n) is 5.17. The zero-order valence-corrected chi connectivity index (χ0v) is 10.4. The molecule has 1 aromatic carbocycles. The van der Waals surface area contributed by atoms with Crippen molar-refractivity contribution in [2.24, 2.45) is 0 Å². The van der Waals surface area contributed by atoms with Crippen molar-refractivity contribution in [1.29, 1.82) is 0 Å². The molecule has 0 spiro atoms. The Hall–Kier alpha value is -1.23. The van der Waals surface area contributed by atoms with Gasteiger partial charge in [-0.1, -0.05) is 0 Å². The molecule has 18 heavy (non-hydrogen) atoms. The first-order valence-corrected chi connectivity index (χ1v) is 5.94. The molecule has 1 unspecified atom stereocenters. The summed E-state index contributed by atoms with van der Waals surface area (Å²) >= 11 is 0. The highest BCUT2D eigenvalue weighted by Crippen LogP contribution is 2.29. The van der Waals surface area contributed by atoms with Gasteiger partial charge in [-0.05, 0) is 26.7 Å². The maximum absolute atomic E-state index is 13.4. The fourth-order valence-electron chi connectivity index (χ4n) is 2.13. The van der Waals surface area contributed by atoms with Gasteiger partial charge < -0.3 is 10.1 Å². The molecule has 100 valence electrons. The summed E-state index contributed by atoms with van der Waals surface area (Å²) in [6.45, 7) is 4.30. The first kappa shape index (κ1) is 13.2. The minimum absolute atomic E-state index is 0.0641. The van der Waals surface area contributed by atoms with Crippen LogP contribution in [0.15, 0.2) is 12.1 Å². The molecule has 1 aromatic rings. The average Bonchev–Trinajstić information content (AvgIpc) is 2.61. The molecular weight excluding hydrogens is 243 g/mol. The van der Waals surface area contributed by atoms with E-state index in [1.165, 1.54) is 0 Å². The van der Waals surface area contributed by atoms with E-state index >= 15 is 0 Å². The van der Waals surface area contributed by atoms with Crippen molar-refractivity contribution in [3.05, 3.63) is 29.6 Å². The number of ether oxygens (including phenoxy) is 1. The topological polar surface area (TPSA) is 21.3 Å². The Morgan fingerprint density at radius 1 is 1.33 bits per heavy atom. The highest BCUT2D eigenvalue weighted by Gasteiger charge is 2.31. The standard InChI is InChI=1S/C13H16F3NO/c1-13(2)4-3-9(18-13)7-17-11-6-8(14)5-10(15)12(11)16/h5-6,9,17H,3-4,7H2,1-2H3. The molecule has 2 nitrogen and oxygen atoms in total. The minimum Gasteiger partial charge on any atom is -0.380 e. The van der Waals surface area contributed by atoms with Crippen molar-refractivity contribution in [2.45, 2.75) is 38.4 Å². The normalized spacial score (nSPS) is 22.2. The lowest BCUT2D eigenvalue weighted by Crippen LogP contribution is -2.25. The van der Waals surface area contributed by atoms with Gasteiger partial charge in [-0.3, -0.25) is 0 Å². The summed E-state index contributed by atoms with van der Waals surface area (Å²) in [7, 11) is 0. The third-order valence-corrected chi connectivity index (χ3v) is 3.07. The highest BCUT2D eigenvalue weighted by molar-refractivity contribution is 5.45. The Kier molecular flexibility index (Phi) is 3.52. The van der Waals surface area contributed by atoms with Gasteiger partial charge >= 0.3 is 0 Å². The largest absolute Gasteiger partial charge is 0.380 e. The number of nitrogens with one attached hydrogen (secondary N) is 1. The maximum Gasteiger partial charge on any atom is 0.182 e. The van der Waals surface area contributed by atoms with E-state index in [0.29, 0.717) is 12.6 Å². The molecular formula is C13H16F3NO. The summed E-state index contributed by atoms with van der Waals surface area (Å²) in [5, 5.41) is 2.69. The molecule has 2 rings (SSSR count). The lowest BCUT2D eigenvalue weighted by atomic mass is 10.1. The summed E-state index contributed by atoms with van der Waals surface area (Å²) in [5.41, 5.74) is -0.348. The van der Waals surface area contributed by atoms with Crippen molar-refractivity contribution in [3.8, 4) is 0 Å². The molecule has 1 atom stereocenters. The van der Waals surface area contributed by atoms with E-state index in [0.717, 1.165) is 18.9 Å². The Morgan fingerprint density at radius 2 is 2.06 bits per heavy atom. The number of benzene rings is 1. The van der Waals surface area contributed by atoms with Gasteiger partial charge in [0.2, 0.25) is 0 Å². The van der Waals surface area contributed by atoms with Crippen molar-refractivity contribution in [3.63, 3.8) is 0 Å². The van der Waals surface area contributed by atoms with Crippen LogP contribution in [-0.4, -0.2) is 18.2 Å². The van der Waals surface area contributed by atoms with E-state index in [-0.39, 0.29) is 17.4 Å². The lowest BCUT2D eigenvalue weighted by Gasteiger charge is -2.20. The number of halogens is 3. The van der Waals surface area contributed by atoms with E-state index < -0.39 is 17.5 Å². The first-order valence-electron chi connectivity index (χ1n) is 5.94. The second kappa shape index (κ2) is 4.80. The quantitative estimate of drug-likeness (QED) is 0.839. The summed E-state index contributed by atoms with van der Waals surface area (Å²) in [6.07, 6.45) is 1.70. The Labute approximate surface area is 104 Å². The van der Waals surface area contributed by atoms with E-state index in [4.69, 9.17) is 4.74 Å². The van der Waals surface area contributed by atoms with Crippen LogP contribution in [0.5, 0.6) is 0 Å². The summed E-state index contributed by atoms with van der Waals surface area (Å²) in [4.78, 5) is 0. The van der Waals surface area contributed by atoms with Crippen LogP contribution in [0, 0.1) is 17.5 Å². The monoisotopic (exact) mass is 259 g/mol. The zero-order chi connectivity index (χ0) is 13.3. The summed E-state index contributed by atoms with van der Waals surface area (Å²) in [6, 6.07) is 1.47. The van der Waals surface area contributed by atoms with Gasteiger partial charge in [0.25, 0.3) is 0 Å². The van der Waals surface area contributed by atoms with Crippen LogP contribution in [-0.2, 0) is 4.74 Å². The van der Waals surface area contributed by atoms with Crippen molar-refractivity contribution in [1.82, 2.24) is 0 Å². The molecule has 0 saturated carbocycles. The maximum atomic E-state index is 13.4. The second-order valence-corrected chi connectivity index (χ2v) is 5.17. The minimum atomic E-state index is -1.19. The number of hydrogen-bond acceptors (Lipinski definition) is 2. The molecule has 0 bridgehead atoms. The van der Waals surface area contributed by atoms with Crippen LogP contribution in [0.4, 0.5) is 18.9 Å². The van der Waals surface area contributed by atoms with Gasteiger partial charge in [0.1, 0.15) is 5.82 Å². The molecule has 1 saturated heterocycles. The van der Waals surface area contributed by atoms with E-state index in [9.17, 15) is 13.2 Å². The molecule has 1 heterocycles. The van der Waals surface area contributed by atoms with Crippen LogP contribution in [0.3, 0.4) is 0 Å². The van der Waals surface area contributed by atoms with E-state index in [2.05, 4.69) is 5.32 Å². The van der Waals surface area contributed by atoms with Crippen molar-refractivity contribution < 1.29 is 17.9 Å². The Morgan fingerprint density at radius 3 is 2.67 bits per heavy atom. The fraction of sp³-hybridized carbons (Fsp3) is 0.538. The molecule has 1 N–H and O–H groups in total. The van der Waals surface area contributed by atoms with Crippen LogP contribution >= 0.6 is 0 Å². The molecule has 0 aromatic heterocycles. The summed E-state index contributed by atoms with van der Waals surface area (Å²) in [5.74, 6) is -3.05. The highest BCUT2D eigenvalue weighted by atomic mass is 19.2. The molecule has 1 aliphatic heterocycles. The van der Waals surface area contributed by atoms with Gasteiger partial charge in [0.15, 0.2) is 11.6 Å². The SMILES string of the molecule is CC1(C)CCC(CNc2cc(F)cc(F)c2F)O1. The van der Waals surface area contributed by atoms with Gasteiger partial charge in [-0.2, -0.15) is 0 Å². The van der Waals surface area contributed by atoms with Gasteiger partial charge in [0.05, 0.1) is 17.4 Å². The van der Waals surface area contributed by atoms with Crippen LogP contribution in [0.1, 0.15) is 26.7 Å². The van der Waals surface area contributed by atoms with Crippen LogP contribution in [0.2, 0.25) is 0 Å². The smallest absolute Gasteiger partial charge is 0.182 e. The zero-order valence-electron chi connectivity index (χ0n) is 10.4. The fourth-order valence-corrected chi connectivity index (χ4v) is 2.13. The Bertz CT molecular complexity index is 448. The van der Waals surface area contributed by atoms with Crippen LogP contribution in [0.25, 0.3) is 0 Å².